The Morgan fingerprint density at radius 2 is 1.31 bits per heavy atom. The molecule has 2 amide bonds. The lowest BCUT2D eigenvalue weighted by Crippen LogP contribution is -2.26. The molecule has 1 aliphatic carbocycles. The van der Waals surface area contributed by atoms with Crippen molar-refractivity contribution < 1.29 is 43.2 Å². The van der Waals surface area contributed by atoms with Crippen LogP contribution in [0, 0.1) is 0 Å². The third kappa shape index (κ3) is 19.2. The Balaban J connectivity index is 1.86. The van der Waals surface area contributed by atoms with Crippen molar-refractivity contribution in [2.45, 2.75) is 76.7 Å². The van der Waals surface area contributed by atoms with Crippen LogP contribution in [0.25, 0.3) is 0 Å². The van der Waals surface area contributed by atoms with E-state index in [-0.39, 0.29) is 26.1 Å². The predicted octanol–water partition coefficient (Wildman–Crippen LogP) is 3.83. The Morgan fingerprint density at radius 3 is 1.86 bits per heavy atom. The summed E-state index contributed by atoms with van der Waals surface area (Å²) in [6.45, 7) is 1.21. The standard InChI is InChI=1S/C25H40N2O9/c28-22(29)14-6-10-18-33-24(31)26-16-8-1-2-9-17-27-25(32)34-19-11-7-15-23(30)36-20-35-21-12-4-3-5-13-21/h6-7,14-15,21H,1-5,8-13,16-20H2,(H,26,31)(H,27,32)(H,28,29). The fraction of sp³-hybridized carbons (Fsp3) is 0.680. The van der Waals surface area contributed by atoms with Crippen molar-refractivity contribution in [2.24, 2.45) is 0 Å². The van der Waals surface area contributed by atoms with E-state index in [1.54, 1.807) is 6.08 Å². The molecule has 0 aromatic heterocycles. The molecule has 36 heavy (non-hydrogen) atoms. The number of aliphatic carboxylic acids is 1. The summed E-state index contributed by atoms with van der Waals surface area (Å²) in [5.74, 6) is -1.52. The van der Waals surface area contributed by atoms with Crippen LogP contribution < -0.4 is 10.6 Å². The SMILES string of the molecule is O=C(O)C=CCCOC(=O)NCCCCCCNC(=O)OCCC=CC(=O)OCOC1CCCCC1. The lowest BCUT2D eigenvalue weighted by molar-refractivity contribution is -0.156. The minimum absolute atomic E-state index is 0.0363. The van der Waals surface area contributed by atoms with E-state index in [1.807, 2.05) is 0 Å². The van der Waals surface area contributed by atoms with Crippen LogP contribution in [0.5, 0.6) is 0 Å². The molecule has 11 nitrogen and oxygen atoms in total. The smallest absolute Gasteiger partial charge is 0.407 e. The summed E-state index contributed by atoms with van der Waals surface area (Å²) in [4.78, 5) is 45.0. The highest BCUT2D eigenvalue weighted by atomic mass is 16.7. The second-order valence-corrected chi connectivity index (χ2v) is 8.27. The molecular formula is C25H40N2O9. The molecule has 0 heterocycles. The number of carboxylic acids is 1. The van der Waals surface area contributed by atoms with E-state index in [1.165, 1.54) is 18.6 Å². The summed E-state index contributed by atoms with van der Waals surface area (Å²) in [6.07, 6.45) is 14.1. The first kappa shape index (κ1) is 31.0. The fourth-order valence-corrected chi connectivity index (χ4v) is 3.36. The molecule has 1 fully saturated rings. The van der Waals surface area contributed by atoms with Crippen LogP contribution in [0.1, 0.15) is 70.6 Å². The zero-order valence-electron chi connectivity index (χ0n) is 20.9. The van der Waals surface area contributed by atoms with E-state index < -0.39 is 24.1 Å². The largest absolute Gasteiger partial charge is 0.478 e. The van der Waals surface area contributed by atoms with Crippen LogP contribution >= 0.6 is 0 Å². The molecule has 204 valence electrons. The van der Waals surface area contributed by atoms with E-state index in [4.69, 9.17) is 24.1 Å². The molecule has 0 aliphatic heterocycles. The summed E-state index contributed by atoms with van der Waals surface area (Å²) < 4.78 is 20.5. The van der Waals surface area contributed by atoms with Gasteiger partial charge in [-0.1, -0.05) is 44.3 Å². The quantitative estimate of drug-likeness (QED) is 0.0818. The minimum Gasteiger partial charge on any atom is -0.478 e. The zero-order valence-corrected chi connectivity index (χ0v) is 20.9. The Kier molecular flexibility index (Phi) is 18.2. The summed E-state index contributed by atoms with van der Waals surface area (Å²) in [5, 5.41) is 13.7. The number of alkyl carbamates (subject to hydrolysis) is 2. The van der Waals surface area contributed by atoms with Gasteiger partial charge in [-0.15, -0.1) is 0 Å². The number of amides is 2. The lowest BCUT2D eigenvalue weighted by Gasteiger charge is -2.21. The number of rotatable bonds is 18. The monoisotopic (exact) mass is 512 g/mol. The maximum absolute atomic E-state index is 11.6. The van der Waals surface area contributed by atoms with Gasteiger partial charge in [0.2, 0.25) is 0 Å². The maximum Gasteiger partial charge on any atom is 0.407 e. The third-order valence-corrected chi connectivity index (χ3v) is 5.25. The van der Waals surface area contributed by atoms with Crippen LogP contribution in [0.2, 0.25) is 0 Å². The second-order valence-electron chi connectivity index (χ2n) is 8.27. The average molecular weight is 513 g/mol. The Hall–Kier alpha value is -3.08. The number of hydrogen-bond donors (Lipinski definition) is 3. The van der Waals surface area contributed by atoms with Gasteiger partial charge in [-0.05, 0) is 25.7 Å². The number of esters is 1. The number of carbonyl (C=O) groups excluding carboxylic acids is 3. The molecule has 1 saturated carbocycles. The first-order valence-corrected chi connectivity index (χ1v) is 12.6. The van der Waals surface area contributed by atoms with Gasteiger partial charge in [-0.25, -0.2) is 19.2 Å². The highest BCUT2D eigenvalue weighted by Crippen LogP contribution is 2.20. The number of carboxylic acid groups (broad SMARTS) is 1. The first-order valence-electron chi connectivity index (χ1n) is 12.6. The first-order chi connectivity index (χ1) is 17.5. The van der Waals surface area contributed by atoms with Crippen LogP contribution in [0.4, 0.5) is 9.59 Å². The average Bonchev–Trinajstić information content (AvgIpc) is 2.85. The molecule has 1 rings (SSSR count). The van der Waals surface area contributed by atoms with Gasteiger partial charge in [0.25, 0.3) is 0 Å². The molecule has 0 radical (unpaired) electrons. The van der Waals surface area contributed by atoms with E-state index in [0.717, 1.165) is 57.4 Å². The van der Waals surface area contributed by atoms with Crippen LogP contribution in [-0.2, 0) is 28.5 Å². The van der Waals surface area contributed by atoms with Crippen LogP contribution in [0.15, 0.2) is 24.3 Å². The minimum atomic E-state index is -1.04. The van der Waals surface area contributed by atoms with Gasteiger partial charge in [0.1, 0.15) is 0 Å². The van der Waals surface area contributed by atoms with Crippen molar-refractivity contribution in [2.75, 3.05) is 33.1 Å². The van der Waals surface area contributed by atoms with Crippen molar-refractivity contribution in [3.63, 3.8) is 0 Å². The molecule has 0 bridgehead atoms. The van der Waals surface area contributed by atoms with Gasteiger partial charge in [0.15, 0.2) is 6.79 Å². The fourth-order valence-electron chi connectivity index (χ4n) is 3.36. The molecule has 11 heteroatoms. The number of carbonyl (C=O) groups is 4. The van der Waals surface area contributed by atoms with Gasteiger partial charge in [-0.3, -0.25) is 0 Å². The molecule has 0 saturated heterocycles. The molecule has 0 aromatic carbocycles. The summed E-state index contributed by atoms with van der Waals surface area (Å²) >= 11 is 0. The van der Waals surface area contributed by atoms with Gasteiger partial charge in [-0.2, -0.15) is 0 Å². The van der Waals surface area contributed by atoms with E-state index in [9.17, 15) is 19.2 Å². The molecule has 3 N–H and O–H groups in total. The Morgan fingerprint density at radius 1 is 0.750 bits per heavy atom. The van der Waals surface area contributed by atoms with Crippen LogP contribution in [0.3, 0.4) is 0 Å². The zero-order chi connectivity index (χ0) is 26.3. The van der Waals surface area contributed by atoms with E-state index in [0.29, 0.717) is 25.9 Å². The van der Waals surface area contributed by atoms with Crippen molar-refractivity contribution in [3.8, 4) is 0 Å². The molecule has 0 atom stereocenters. The Bertz CT molecular complexity index is 704. The number of hydrogen-bond acceptors (Lipinski definition) is 8. The van der Waals surface area contributed by atoms with Gasteiger partial charge in [0, 0.05) is 38.1 Å². The maximum atomic E-state index is 11.6. The predicted molar refractivity (Wildman–Crippen MR) is 131 cm³/mol. The lowest BCUT2D eigenvalue weighted by atomic mass is 9.98. The number of nitrogens with one attached hydrogen (secondary N) is 2. The molecule has 0 unspecified atom stereocenters. The van der Waals surface area contributed by atoms with Gasteiger partial charge in [0.05, 0.1) is 19.3 Å². The molecule has 0 aromatic rings. The summed E-state index contributed by atoms with van der Waals surface area (Å²) in [5.41, 5.74) is 0. The highest BCUT2D eigenvalue weighted by molar-refractivity contribution is 5.81. The van der Waals surface area contributed by atoms with E-state index in [2.05, 4.69) is 10.6 Å². The van der Waals surface area contributed by atoms with Crippen molar-refractivity contribution in [1.82, 2.24) is 10.6 Å². The van der Waals surface area contributed by atoms with Gasteiger partial charge < -0.3 is 34.7 Å². The number of unbranched alkanes of at least 4 members (excludes halogenated alkanes) is 3. The number of ether oxygens (including phenoxy) is 4. The van der Waals surface area contributed by atoms with Crippen molar-refractivity contribution in [3.05, 3.63) is 24.3 Å². The van der Waals surface area contributed by atoms with Gasteiger partial charge >= 0.3 is 24.1 Å². The van der Waals surface area contributed by atoms with Crippen molar-refractivity contribution in [1.29, 1.82) is 0 Å². The third-order valence-electron chi connectivity index (χ3n) is 5.25. The molecular weight excluding hydrogens is 472 g/mol. The van der Waals surface area contributed by atoms with E-state index >= 15 is 0 Å². The molecule has 1 aliphatic rings. The summed E-state index contributed by atoms with van der Waals surface area (Å²) in [6, 6.07) is 0. The Labute approximate surface area is 212 Å². The molecule has 0 spiro atoms. The van der Waals surface area contributed by atoms with Crippen LogP contribution in [-0.4, -0.2) is 68.4 Å². The normalized spacial score (nSPS) is 14.0. The summed E-state index contributed by atoms with van der Waals surface area (Å²) in [7, 11) is 0. The highest BCUT2D eigenvalue weighted by Gasteiger charge is 2.13. The van der Waals surface area contributed by atoms with Crippen molar-refractivity contribution >= 4 is 24.1 Å². The second kappa shape index (κ2) is 21.2. The topological polar surface area (TPSA) is 149 Å².